The molecular formula is C22H17ClF4N6O2. The van der Waals surface area contributed by atoms with Crippen LogP contribution in [0.5, 0.6) is 0 Å². The van der Waals surface area contributed by atoms with Gasteiger partial charge in [-0.15, -0.1) is 0 Å². The monoisotopic (exact) mass is 508 g/mol. The Balaban J connectivity index is 1.67. The zero-order chi connectivity index (χ0) is 25.7. The summed E-state index contributed by atoms with van der Waals surface area (Å²) in [6.07, 6.45) is -3.70. The average molecular weight is 509 g/mol. The number of rotatable bonds is 4. The van der Waals surface area contributed by atoms with Crippen LogP contribution in [-0.4, -0.2) is 44.3 Å². The standard InChI is InChI=1S/C22H17ClF4N6O2/c1-21(2)18(31-32(3)20(21)35)14-9-15(22(25,26)27)33(30-14)16-8-7-11(10-28-16)29-19(34)17-12(23)5-4-6-13(17)24/h4-10H,1-3H3,(H,29,34). The van der Waals surface area contributed by atoms with Gasteiger partial charge in [-0.25, -0.2) is 19.1 Å². The molecule has 8 nitrogen and oxygen atoms in total. The summed E-state index contributed by atoms with van der Waals surface area (Å²) in [5.74, 6) is -2.28. The quantitative estimate of drug-likeness (QED) is 0.524. The number of anilines is 1. The molecule has 3 heterocycles. The van der Waals surface area contributed by atoms with Crippen LogP contribution in [0.4, 0.5) is 23.2 Å². The molecule has 182 valence electrons. The number of aromatic nitrogens is 3. The molecule has 0 bridgehead atoms. The molecule has 3 aromatic rings. The van der Waals surface area contributed by atoms with Gasteiger partial charge < -0.3 is 5.32 Å². The highest BCUT2D eigenvalue weighted by molar-refractivity contribution is 6.34. The summed E-state index contributed by atoms with van der Waals surface area (Å²) in [5, 5.41) is 11.4. The first-order chi connectivity index (χ1) is 16.3. The highest BCUT2D eigenvalue weighted by atomic mass is 35.5. The van der Waals surface area contributed by atoms with Crippen molar-refractivity contribution in [2.24, 2.45) is 10.5 Å². The van der Waals surface area contributed by atoms with Gasteiger partial charge in [-0.1, -0.05) is 17.7 Å². The third kappa shape index (κ3) is 4.36. The summed E-state index contributed by atoms with van der Waals surface area (Å²) in [4.78, 5) is 28.7. The zero-order valence-electron chi connectivity index (χ0n) is 18.5. The Labute approximate surface area is 201 Å². The smallest absolute Gasteiger partial charge is 0.320 e. The fourth-order valence-electron chi connectivity index (χ4n) is 3.56. The first-order valence-corrected chi connectivity index (χ1v) is 10.4. The van der Waals surface area contributed by atoms with Crippen molar-refractivity contribution >= 4 is 34.8 Å². The minimum atomic E-state index is -4.79. The summed E-state index contributed by atoms with van der Waals surface area (Å²) >= 11 is 5.88. The molecule has 4 rings (SSSR count). The molecule has 2 aromatic heterocycles. The molecule has 0 saturated carbocycles. The number of carbonyl (C=O) groups excluding carboxylic acids is 2. The van der Waals surface area contributed by atoms with Crippen molar-refractivity contribution < 1.29 is 27.2 Å². The van der Waals surface area contributed by atoms with Crippen LogP contribution in [0.15, 0.2) is 47.7 Å². The number of hydrogen-bond acceptors (Lipinski definition) is 5. The molecule has 1 aliphatic rings. The minimum absolute atomic E-state index is 0.0832. The molecule has 0 saturated heterocycles. The Morgan fingerprint density at radius 1 is 1.17 bits per heavy atom. The molecule has 2 amide bonds. The van der Waals surface area contributed by atoms with Gasteiger partial charge in [-0.2, -0.15) is 23.4 Å². The second kappa shape index (κ2) is 8.45. The van der Waals surface area contributed by atoms with Crippen LogP contribution in [0.3, 0.4) is 0 Å². The van der Waals surface area contributed by atoms with Gasteiger partial charge in [0.2, 0.25) is 0 Å². The molecule has 0 atom stereocenters. The predicted molar refractivity (Wildman–Crippen MR) is 119 cm³/mol. The molecular weight excluding hydrogens is 492 g/mol. The highest BCUT2D eigenvalue weighted by Gasteiger charge is 2.45. The maximum atomic E-state index is 14.0. The normalized spacial score (nSPS) is 15.4. The summed E-state index contributed by atoms with van der Waals surface area (Å²) in [6.45, 7) is 3.09. The Morgan fingerprint density at radius 2 is 1.89 bits per heavy atom. The molecule has 35 heavy (non-hydrogen) atoms. The van der Waals surface area contributed by atoms with Gasteiger partial charge in [-0.3, -0.25) is 9.59 Å². The number of carbonyl (C=O) groups is 2. The van der Waals surface area contributed by atoms with Crippen LogP contribution >= 0.6 is 11.6 Å². The second-order valence-electron chi connectivity index (χ2n) is 8.18. The van der Waals surface area contributed by atoms with Gasteiger partial charge in [0.05, 0.1) is 27.9 Å². The molecule has 13 heteroatoms. The van der Waals surface area contributed by atoms with Gasteiger partial charge in [-0.05, 0) is 44.2 Å². The number of hydrogen-bond donors (Lipinski definition) is 1. The number of alkyl halides is 3. The lowest BCUT2D eigenvalue weighted by atomic mass is 9.85. The SMILES string of the molecule is CN1N=C(c2cc(C(F)(F)F)n(-c3ccc(NC(=O)c4c(F)cccc4Cl)cn3)n2)C(C)(C)C1=O. The van der Waals surface area contributed by atoms with Crippen molar-refractivity contribution in [3.05, 3.63) is 70.4 Å². The fraction of sp³-hybridized carbons (Fsp3) is 0.227. The van der Waals surface area contributed by atoms with Crippen molar-refractivity contribution in [1.29, 1.82) is 0 Å². The summed E-state index contributed by atoms with van der Waals surface area (Å²) < 4.78 is 55.9. The number of amides is 2. The average Bonchev–Trinajstić information content (AvgIpc) is 3.30. The Hall–Kier alpha value is -3.80. The molecule has 0 aliphatic carbocycles. The number of hydrazone groups is 1. The summed E-state index contributed by atoms with van der Waals surface area (Å²) in [5.41, 5.74) is -2.64. The van der Waals surface area contributed by atoms with Gasteiger partial charge in [0.15, 0.2) is 11.5 Å². The van der Waals surface area contributed by atoms with Crippen LogP contribution in [0.2, 0.25) is 5.02 Å². The molecule has 0 unspecified atom stereocenters. The van der Waals surface area contributed by atoms with Crippen molar-refractivity contribution in [2.45, 2.75) is 20.0 Å². The topological polar surface area (TPSA) is 92.5 Å². The van der Waals surface area contributed by atoms with Crippen molar-refractivity contribution in [3.63, 3.8) is 0 Å². The number of nitrogens with zero attached hydrogens (tertiary/aromatic N) is 5. The van der Waals surface area contributed by atoms with Gasteiger partial charge in [0, 0.05) is 7.05 Å². The van der Waals surface area contributed by atoms with Crippen molar-refractivity contribution in [2.75, 3.05) is 12.4 Å². The molecule has 1 aliphatic heterocycles. The third-order valence-electron chi connectivity index (χ3n) is 5.33. The predicted octanol–water partition coefficient (Wildman–Crippen LogP) is 4.53. The van der Waals surface area contributed by atoms with E-state index in [4.69, 9.17) is 11.6 Å². The molecule has 0 fully saturated rings. The lowest BCUT2D eigenvalue weighted by Gasteiger charge is -2.16. The Kier molecular flexibility index (Phi) is 5.87. The van der Waals surface area contributed by atoms with Gasteiger partial charge in [0.25, 0.3) is 11.8 Å². The molecule has 0 radical (unpaired) electrons. The van der Waals surface area contributed by atoms with E-state index in [0.717, 1.165) is 23.3 Å². The maximum absolute atomic E-state index is 14.0. The third-order valence-corrected chi connectivity index (χ3v) is 5.64. The van der Waals surface area contributed by atoms with Crippen LogP contribution in [0.1, 0.15) is 35.6 Å². The second-order valence-corrected chi connectivity index (χ2v) is 8.59. The van der Waals surface area contributed by atoms with E-state index in [1.807, 2.05) is 0 Å². The van der Waals surface area contributed by atoms with Crippen LogP contribution in [0.25, 0.3) is 5.82 Å². The van der Waals surface area contributed by atoms with E-state index in [2.05, 4.69) is 20.5 Å². The lowest BCUT2D eigenvalue weighted by molar-refractivity contribution is -0.142. The number of nitrogens with one attached hydrogen (secondary N) is 1. The van der Waals surface area contributed by atoms with Crippen molar-refractivity contribution in [1.82, 2.24) is 19.8 Å². The van der Waals surface area contributed by atoms with Crippen LogP contribution in [0, 0.1) is 11.2 Å². The molecule has 0 spiro atoms. The lowest BCUT2D eigenvalue weighted by Crippen LogP contribution is -2.33. The van der Waals surface area contributed by atoms with Gasteiger partial charge >= 0.3 is 6.18 Å². The first kappa shape index (κ1) is 24.3. The highest BCUT2D eigenvalue weighted by Crippen LogP contribution is 2.35. The van der Waals surface area contributed by atoms with E-state index < -0.39 is 29.0 Å². The summed E-state index contributed by atoms with van der Waals surface area (Å²) in [6, 6.07) is 7.03. The largest absolute Gasteiger partial charge is 0.433 e. The Morgan fingerprint density at radius 3 is 2.43 bits per heavy atom. The van der Waals surface area contributed by atoms with E-state index in [-0.39, 0.29) is 39.4 Å². The minimum Gasteiger partial charge on any atom is -0.320 e. The van der Waals surface area contributed by atoms with E-state index in [9.17, 15) is 27.2 Å². The number of halogens is 5. The Bertz CT molecular complexity index is 1350. The zero-order valence-corrected chi connectivity index (χ0v) is 19.2. The summed E-state index contributed by atoms with van der Waals surface area (Å²) in [7, 11) is 1.40. The maximum Gasteiger partial charge on any atom is 0.433 e. The van der Waals surface area contributed by atoms with E-state index in [0.29, 0.717) is 4.68 Å². The van der Waals surface area contributed by atoms with Crippen LogP contribution < -0.4 is 5.32 Å². The number of pyridine rings is 1. The number of benzene rings is 1. The van der Waals surface area contributed by atoms with Crippen molar-refractivity contribution in [3.8, 4) is 5.82 Å². The van der Waals surface area contributed by atoms with Gasteiger partial charge in [0.1, 0.15) is 17.2 Å². The first-order valence-electron chi connectivity index (χ1n) is 10.1. The van der Waals surface area contributed by atoms with Crippen LogP contribution in [-0.2, 0) is 11.0 Å². The molecule has 1 aromatic carbocycles. The van der Waals surface area contributed by atoms with E-state index >= 15 is 0 Å². The van der Waals surface area contributed by atoms with E-state index in [1.165, 1.54) is 31.3 Å². The molecule has 1 N–H and O–H groups in total. The van der Waals surface area contributed by atoms with E-state index in [1.54, 1.807) is 13.8 Å². The fourth-order valence-corrected chi connectivity index (χ4v) is 3.81.